The average Bonchev–Trinajstić information content (AvgIpc) is 2.41. The molecule has 0 atom stereocenters. The minimum absolute atomic E-state index is 0.0274. The van der Waals surface area contributed by atoms with Crippen molar-refractivity contribution in [3.8, 4) is 0 Å². The lowest BCUT2D eigenvalue weighted by molar-refractivity contribution is -0.137. The molecule has 21 heavy (non-hydrogen) atoms. The molecular weight excluding hydrogens is 301 g/mol. The largest absolute Gasteiger partial charge is 0.416 e. The van der Waals surface area contributed by atoms with Gasteiger partial charge in [-0.1, -0.05) is 35.9 Å². The van der Waals surface area contributed by atoms with Crippen LogP contribution in [0.25, 0.3) is 0 Å². The number of aryl methyl sites for hydroxylation is 1. The predicted octanol–water partition coefficient (Wildman–Crippen LogP) is 5.09. The van der Waals surface area contributed by atoms with Gasteiger partial charge >= 0.3 is 6.18 Å². The maximum Gasteiger partial charge on any atom is 0.416 e. The van der Waals surface area contributed by atoms with Crippen molar-refractivity contribution in [2.75, 3.05) is 0 Å². The lowest BCUT2D eigenvalue weighted by Gasteiger charge is -2.09. The SMILES string of the molecule is Cc1ccc(CC(=O)c2cccc(C(F)(F)F)c2)c(Cl)c1. The average molecular weight is 313 g/mol. The van der Waals surface area contributed by atoms with E-state index in [0.29, 0.717) is 10.6 Å². The zero-order chi connectivity index (χ0) is 15.6. The Morgan fingerprint density at radius 1 is 1.14 bits per heavy atom. The van der Waals surface area contributed by atoms with Crippen LogP contribution in [0.5, 0.6) is 0 Å². The standard InChI is InChI=1S/C16H12ClF3O/c1-10-5-6-11(14(17)7-10)9-15(21)12-3-2-4-13(8-12)16(18,19)20/h2-8H,9H2,1H3. The first-order valence-electron chi connectivity index (χ1n) is 6.23. The zero-order valence-corrected chi connectivity index (χ0v) is 11.9. The lowest BCUT2D eigenvalue weighted by Crippen LogP contribution is -2.09. The maximum atomic E-state index is 12.6. The Morgan fingerprint density at radius 3 is 2.48 bits per heavy atom. The fourth-order valence-electron chi connectivity index (χ4n) is 1.94. The van der Waals surface area contributed by atoms with E-state index in [-0.39, 0.29) is 12.0 Å². The Balaban J connectivity index is 2.25. The molecule has 2 aromatic rings. The third-order valence-electron chi connectivity index (χ3n) is 3.07. The summed E-state index contributed by atoms with van der Waals surface area (Å²) in [6, 6.07) is 9.65. The van der Waals surface area contributed by atoms with Crippen molar-refractivity contribution in [1.82, 2.24) is 0 Å². The van der Waals surface area contributed by atoms with Gasteiger partial charge in [-0.15, -0.1) is 0 Å². The third kappa shape index (κ3) is 3.85. The molecule has 110 valence electrons. The second kappa shape index (κ2) is 5.90. The number of alkyl halides is 3. The van der Waals surface area contributed by atoms with Crippen LogP contribution in [0.4, 0.5) is 13.2 Å². The van der Waals surface area contributed by atoms with E-state index in [1.807, 2.05) is 6.92 Å². The number of benzene rings is 2. The van der Waals surface area contributed by atoms with Crippen LogP contribution in [-0.4, -0.2) is 5.78 Å². The number of ketones is 1. The number of rotatable bonds is 3. The molecule has 0 aliphatic rings. The summed E-state index contributed by atoms with van der Waals surface area (Å²) in [7, 11) is 0. The quantitative estimate of drug-likeness (QED) is 0.721. The zero-order valence-electron chi connectivity index (χ0n) is 11.2. The Hall–Kier alpha value is -1.81. The van der Waals surface area contributed by atoms with Gasteiger partial charge in [0.2, 0.25) is 0 Å². The number of halogens is 4. The van der Waals surface area contributed by atoms with E-state index < -0.39 is 17.5 Å². The Labute approximate surface area is 125 Å². The molecule has 0 N–H and O–H groups in total. The monoisotopic (exact) mass is 312 g/mol. The van der Waals surface area contributed by atoms with Crippen LogP contribution in [0.3, 0.4) is 0 Å². The highest BCUT2D eigenvalue weighted by atomic mass is 35.5. The van der Waals surface area contributed by atoms with Gasteiger partial charge in [-0.25, -0.2) is 0 Å². The highest BCUT2D eigenvalue weighted by molar-refractivity contribution is 6.31. The fraction of sp³-hybridized carbons (Fsp3) is 0.188. The molecule has 2 rings (SSSR count). The number of hydrogen-bond donors (Lipinski definition) is 0. The van der Waals surface area contributed by atoms with Crippen molar-refractivity contribution in [3.63, 3.8) is 0 Å². The lowest BCUT2D eigenvalue weighted by atomic mass is 10.0. The molecule has 0 unspecified atom stereocenters. The van der Waals surface area contributed by atoms with Gasteiger partial charge in [-0.2, -0.15) is 13.2 Å². The van der Waals surface area contributed by atoms with Crippen molar-refractivity contribution in [3.05, 3.63) is 69.7 Å². The summed E-state index contributed by atoms with van der Waals surface area (Å²) >= 11 is 6.03. The summed E-state index contributed by atoms with van der Waals surface area (Å²) < 4.78 is 37.9. The number of carbonyl (C=O) groups excluding carboxylic acids is 1. The van der Waals surface area contributed by atoms with Crippen molar-refractivity contribution < 1.29 is 18.0 Å². The van der Waals surface area contributed by atoms with E-state index in [2.05, 4.69) is 0 Å². The number of hydrogen-bond acceptors (Lipinski definition) is 1. The molecule has 0 bridgehead atoms. The van der Waals surface area contributed by atoms with Crippen LogP contribution in [0.1, 0.15) is 27.0 Å². The first-order chi connectivity index (χ1) is 9.77. The van der Waals surface area contributed by atoms with Crippen molar-refractivity contribution >= 4 is 17.4 Å². The van der Waals surface area contributed by atoms with Gasteiger partial charge in [0.25, 0.3) is 0 Å². The second-order valence-corrected chi connectivity index (χ2v) is 5.18. The molecule has 0 spiro atoms. The molecule has 1 nitrogen and oxygen atoms in total. The van der Waals surface area contributed by atoms with Gasteiger partial charge in [-0.3, -0.25) is 4.79 Å². The van der Waals surface area contributed by atoms with Crippen LogP contribution in [0.15, 0.2) is 42.5 Å². The van der Waals surface area contributed by atoms with Gasteiger partial charge in [-0.05, 0) is 36.2 Å². The van der Waals surface area contributed by atoms with Gasteiger partial charge in [0.15, 0.2) is 5.78 Å². The minimum Gasteiger partial charge on any atom is -0.294 e. The maximum absolute atomic E-state index is 12.6. The van der Waals surface area contributed by atoms with Crippen LogP contribution in [0.2, 0.25) is 5.02 Å². The van der Waals surface area contributed by atoms with E-state index in [0.717, 1.165) is 17.7 Å². The van der Waals surface area contributed by atoms with Crippen LogP contribution < -0.4 is 0 Å². The summed E-state index contributed by atoms with van der Waals surface area (Å²) in [6.45, 7) is 1.87. The summed E-state index contributed by atoms with van der Waals surface area (Å²) in [5, 5.41) is 0.440. The van der Waals surface area contributed by atoms with Gasteiger partial charge in [0.05, 0.1) is 5.56 Å². The van der Waals surface area contributed by atoms with Crippen LogP contribution in [-0.2, 0) is 12.6 Å². The molecule has 2 aromatic carbocycles. The molecular formula is C16H12ClF3O. The first kappa shape index (κ1) is 15.6. The number of Topliss-reactive ketones (excluding diaryl/α,β-unsaturated/α-hetero) is 1. The van der Waals surface area contributed by atoms with Crippen molar-refractivity contribution in [1.29, 1.82) is 0 Å². The highest BCUT2D eigenvalue weighted by Gasteiger charge is 2.30. The molecule has 0 aliphatic carbocycles. The predicted molar refractivity (Wildman–Crippen MR) is 75.7 cm³/mol. The molecule has 0 amide bonds. The number of carbonyl (C=O) groups is 1. The van der Waals surface area contributed by atoms with Crippen molar-refractivity contribution in [2.45, 2.75) is 19.5 Å². The summed E-state index contributed by atoms with van der Waals surface area (Å²) in [5.74, 6) is -0.396. The van der Waals surface area contributed by atoms with Crippen molar-refractivity contribution in [2.24, 2.45) is 0 Å². The second-order valence-electron chi connectivity index (χ2n) is 4.77. The van der Waals surface area contributed by atoms with Gasteiger partial charge in [0.1, 0.15) is 0 Å². The van der Waals surface area contributed by atoms with E-state index in [4.69, 9.17) is 11.6 Å². The molecule has 0 radical (unpaired) electrons. The highest BCUT2D eigenvalue weighted by Crippen LogP contribution is 2.30. The van der Waals surface area contributed by atoms with E-state index >= 15 is 0 Å². The molecule has 0 heterocycles. The fourth-order valence-corrected chi connectivity index (χ4v) is 2.24. The Morgan fingerprint density at radius 2 is 1.86 bits per heavy atom. The first-order valence-corrected chi connectivity index (χ1v) is 6.60. The molecule has 5 heteroatoms. The Bertz CT molecular complexity index is 677. The van der Waals surface area contributed by atoms with Crippen LogP contribution >= 0.6 is 11.6 Å². The summed E-state index contributed by atoms with van der Waals surface area (Å²) in [4.78, 5) is 12.1. The molecule has 0 aromatic heterocycles. The normalized spacial score (nSPS) is 11.5. The Kier molecular flexibility index (Phi) is 4.37. The molecule has 0 fully saturated rings. The third-order valence-corrected chi connectivity index (χ3v) is 3.42. The topological polar surface area (TPSA) is 17.1 Å². The van der Waals surface area contributed by atoms with Gasteiger partial charge in [0, 0.05) is 17.0 Å². The van der Waals surface area contributed by atoms with Gasteiger partial charge < -0.3 is 0 Å². The minimum atomic E-state index is -4.46. The smallest absolute Gasteiger partial charge is 0.294 e. The molecule has 0 saturated heterocycles. The van der Waals surface area contributed by atoms with E-state index in [1.165, 1.54) is 12.1 Å². The van der Waals surface area contributed by atoms with E-state index in [9.17, 15) is 18.0 Å². The van der Waals surface area contributed by atoms with Crippen LogP contribution in [0, 0.1) is 6.92 Å². The van der Waals surface area contributed by atoms with E-state index in [1.54, 1.807) is 18.2 Å². The molecule has 0 saturated carbocycles. The molecule has 0 aliphatic heterocycles. The summed E-state index contributed by atoms with van der Waals surface area (Å²) in [6.07, 6.45) is -4.49. The summed E-state index contributed by atoms with van der Waals surface area (Å²) in [5.41, 5.74) is 0.754.